The van der Waals surface area contributed by atoms with Gasteiger partial charge in [-0.05, 0) is 53.6 Å². The predicted molar refractivity (Wildman–Crippen MR) is 160 cm³/mol. The van der Waals surface area contributed by atoms with E-state index in [0.29, 0.717) is 39.6 Å². The molecule has 4 aliphatic heterocycles. The van der Waals surface area contributed by atoms with Gasteiger partial charge in [-0.15, -0.1) is 0 Å². The van der Waals surface area contributed by atoms with Gasteiger partial charge in [0.1, 0.15) is 17.2 Å². The number of hydrogen-bond donors (Lipinski definition) is 1. The van der Waals surface area contributed by atoms with E-state index in [1.54, 1.807) is 49.6 Å². The van der Waals surface area contributed by atoms with Crippen LogP contribution in [0.15, 0.2) is 97.1 Å². The van der Waals surface area contributed by atoms with Gasteiger partial charge in [-0.2, -0.15) is 0 Å². The number of anilines is 2. The summed E-state index contributed by atoms with van der Waals surface area (Å²) in [7, 11) is 1.54. The summed E-state index contributed by atoms with van der Waals surface area (Å²) in [5, 5.41) is 3.05. The first-order valence-electron chi connectivity index (χ1n) is 14.1. The fourth-order valence-electron chi connectivity index (χ4n) is 7.30. The number of nitrogens with zero attached hydrogens (tertiary/aromatic N) is 1. The van der Waals surface area contributed by atoms with Gasteiger partial charge < -0.3 is 24.4 Å². The van der Waals surface area contributed by atoms with Crippen LogP contribution in [0.2, 0.25) is 0 Å². The summed E-state index contributed by atoms with van der Waals surface area (Å²) in [5.41, 5.74) is 2.35. The molecule has 8 rings (SSSR count). The Balaban J connectivity index is 1.41. The molecule has 4 aromatic carbocycles. The van der Waals surface area contributed by atoms with Gasteiger partial charge in [0, 0.05) is 22.5 Å². The van der Waals surface area contributed by atoms with Crippen LogP contribution < -0.4 is 24.4 Å². The van der Waals surface area contributed by atoms with Crippen LogP contribution in [0.4, 0.5) is 11.4 Å². The molecule has 8 heteroatoms. The van der Waals surface area contributed by atoms with E-state index in [-0.39, 0.29) is 24.3 Å². The number of carbonyl (C=O) groups excluding carboxylic acids is 3. The molecule has 0 aromatic heterocycles. The number of para-hydroxylation sites is 2. The molecule has 1 fully saturated rings. The molecule has 0 aliphatic carbocycles. The second kappa shape index (κ2) is 9.32. The van der Waals surface area contributed by atoms with Crippen molar-refractivity contribution >= 4 is 34.9 Å². The lowest BCUT2D eigenvalue weighted by Crippen LogP contribution is -2.51. The highest BCUT2D eigenvalue weighted by Crippen LogP contribution is 2.58. The van der Waals surface area contributed by atoms with Crippen molar-refractivity contribution in [3.05, 3.63) is 119 Å². The normalized spacial score (nSPS) is 23.9. The molecule has 1 saturated heterocycles. The Morgan fingerprint density at radius 1 is 0.884 bits per heavy atom. The largest absolute Gasteiger partial charge is 0.497 e. The Hall–Kier alpha value is -5.37. The van der Waals surface area contributed by atoms with Gasteiger partial charge in [0.2, 0.25) is 12.7 Å². The zero-order valence-electron chi connectivity index (χ0n) is 23.2. The third-order valence-corrected chi connectivity index (χ3v) is 9.10. The minimum atomic E-state index is -1.40. The molecule has 0 saturated carbocycles. The molecular weight excluding hydrogens is 544 g/mol. The Labute approximate surface area is 247 Å². The topological polar surface area (TPSA) is 94.2 Å². The maximum Gasteiger partial charge on any atom is 0.238 e. The number of benzene rings is 4. The van der Waals surface area contributed by atoms with E-state index in [2.05, 4.69) is 5.32 Å². The highest BCUT2D eigenvalue weighted by Gasteiger charge is 2.70. The number of carbonyl (C=O) groups is 3. The highest BCUT2D eigenvalue weighted by atomic mass is 16.7. The molecule has 0 unspecified atom stereocenters. The standard InChI is InChI=1S/C35H26N2O6/c1-41-23-9-6-8-21(17-23)33(39)31-30(32(38)22-13-15-27-28(18-22)43-19-42-27)35(24-10-3-4-11-25(24)36-34(35)40)29-16-14-20-7-2-5-12-26(20)37(29)31/h2-18,29-31H,19H2,1H3,(H,36,40)/t29-,30+,31+,35-/m1/s1. The van der Waals surface area contributed by atoms with Crippen LogP contribution in [0.1, 0.15) is 31.8 Å². The molecule has 8 nitrogen and oxygen atoms in total. The number of ether oxygens (including phenoxy) is 3. The van der Waals surface area contributed by atoms with E-state index in [1.165, 1.54) is 0 Å². The first-order chi connectivity index (χ1) is 21.0. The number of fused-ring (bicyclic) bond motifs is 7. The summed E-state index contributed by atoms with van der Waals surface area (Å²) in [6.07, 6.45) is 3.94. The molecule has 1 spiro atoms. The zero-order valence-corrected chi connectivity index (χ0v) is 23.2. The molecule has 1 N–H and O–H groups in total. The number of rotatable bonds is 5. The molecule has 1 amide bonds. The fraction of sp³-hybridized carbons (Fsp3) is 0.171. The number of ketones is 2. The molecular formula is C35H26N2O6. The minimum absolute atomic E-state index is 0.0600. The number of methoxy groups -OCH3 is 1. The van der Waals surface area contributed by atoms with E-state index in [0.717, 1.165) is 11.3 Å². The lowest BCUT2D eigenvalue weighted by atomic mass is 9.64. The Morgan fingerprint density at radius 3 is 2.56 bits per heavy atom. The summed E-state index contributed by atoms with van der Waals surface area (Å²) in [4.78, 5) is 46.2. The summed E-state index contributed by atoms with van der Waals surface area (Å²) in [5.74, 6) is -0.484. The second-order valence-electron chi connectivity index (χ2n) is 11.1. The highest BCUT2D eigenvalue weighted by molar-refractivity contribution is 6.18. The lowest BCUT2D eigenvalue weighted by Gasteiger charge is -2.37. The van der Waals surface area contributed by atoms with Gasteiger partial charge in [0.05, 0.1) is 19.1 Å². The zero-order chi connectivity index (χ0) is 29.3. The van der Waals surface area contributed by atoms with Crippen LogP contribution in [-0.2, 0) is 10.2 Å². The van der Waals surface area contributed by atoms with Gasteiger partial charge in [-0.1, -0.05) is 60.7 Å². The molecule has 0 bridgehead atoms. The van der Waals surface area contributed by atoms with Gasteiger partial charge >= 0.3 is 0 Å². The molecule has 43 heavy (non-hydrogen) atoms. The van der Waals surface area contributed by atoms with Crippen LogP contribution in [-0.4, -0.2) is 43.5 Å². The van der Waals surface area contributed by atoms with Crippen molar-refractivity contribution in [1.29, 1.82) is 0 Å². The predicted octanol–water partition coefficient (Wildman–Crippen LogP) is 5.28. The van der Waals surface area contributed by atoms with E-state index in [9.17, 15) is 14.4 Å². The average molecular weight is 571 g/mol. The van der Waals surface area contributed by atoms with Gasteiger partial charge in [-0.25, -0.2) is 0 Å². The summed E-state index contributed by atoms with van der Waals surface area (Å²) in [6.45, 7) is 0.0600. The monoisotopic (exact) mass is 570 g/mol. The number of hydrogen-bond acceptors (Lipinski definition) is 7. The van der Waals surface area contributed by atoms with Gasteiger partial charge in [0.15, 0.2) is 23.1 Å². The lowest BCUT2D eigenvalue weighted by molar-refractivity contribution is -0.121. The molecule has 212 valence electrons. The van der Waals surface area contributed by atoms with E-state index >= 15 is 0 Å². The first kappa shape index (κ1) is 25.3. The third-order valence-electron chi connectivity index (χ3n) is 9.10. The van der Waals surface area contributed by atoms with Crippen molar-refractivity contribution in [2.24, 2.45) is 5.92 Å². The number of Topliss-reactive ketones (excluding diaryl/α,β-unsaturated/α-hetero) is 2. The summed E-state index contributed by atoms with van der Waals surface area (Å²) < 4.78 is 16.5. The van der Waals surface area contributed by atoms with Gasteiger partial charge in [-0.3, -0.25) is 14.4 Å². The minimum Gasteiger partial charge on any atom is -0.497 e. The van der Waals surface area contributed by atoms with Crippen LogP contribution >= 0.6 is 0 Å². The fourth-order valence-corrected chi connectivity index (χ4v) is 7.30. The van der Waals surface area contributed by atoms with Crippen LogP contribution in [0.25, 0.3) is 6.08 Å². The maximum absolute atomic E-state index is 15.0. The van der Waals surface area contributed by atoms with Crippen molar-refractivity contribution in [3.8, 4) is 17.2 Å². The third kappa shape index (κ3) is 3.46. The Bertz CT molecular complexity index is 1880. The van der Waals surface area contributed by atoms with Crippen molar-refractivity contribution in [2.45, 2.75) is 17.5 Å². The van der Waals surface area contributed by atoms with Crippen molar-refractivity contribution in [1.82, 2.24) is 0 Å². The molecule has 4 aliphatic rings. The van der Waals surface area contributed by atoms with Crippen LogP contribution in [0.5, 0.6) is 17.2 Å². The van der Waals surface area contributed by atoms with E-state index in [1.807, 2.05) is 65.6 Å². The summed E-state index contributed by atoms with van der Waals surface area (Å²) in [6, 6.07) is 25.5. The number of nitrogens with one attached hydrogen (secondary N) is 1. The molecule has 0 radical (unpaired) electrons. The van der Waals surface area contributed by atoms with E-state index in [4.69, 9.17) is 14.2 Å². The number of amides is 1. The van der Waals surface area contributed by atoms with E-state index < -0.39 is 23.4 Å². The maximum atomic E-state index is 15.0. The second-order valence-corrected chi connectivity index (χ2v) is 11.1. The Morgan fingerprint density at radius 2 is 1.67 bits per heavy atom. The van der Waals surface area contributed by atoms with Crippen LogP contribution in [0, 0.1) is 5.92 Å². The summed E-state index contributed by atoms with van der Waals surface area (Å²) >= 11 is 0. The molecule has 4 aromatic rings. The molecule has 4 atom stereocenters. The smallest absolute Gasteiger partial charge is 0.238 e. The van der Waals surface area contributed by atoms with Crippen LogP contribution in [0.3, 0.4) is 0 Å². The van der Waals surface area contributed by atoms with Crippen molar-refractivity contribution in [3.63, 3.8) is 0 Å². The average Bonchev–Trinajstić information content (AvgIpc) is 3.73. The SMILES string of the molecule is COc1cccc(C(=O)[C@@H]2[C@@H](C(=O)c3ccc4c(c3)OCO4)[C@]3(C(=O)Nc4ccccc43)[C@H]3C=Cc4ccccc4N23)c1. The van der Waals surface area contributed by atoms with Crippen molar-refractivity contribution < 1.29 is 28.6 Å². The van der Waals surface area contributed by atoms with Gasteiger partial charge in [0.25, 0.3) is 0 Å². The Kier molecular flexibility index (Phi) is 5.50. The van der Waals surface area contributed by atoms with Crippen molar-refractivity contribution in [2.75, 3.05) is 24.1 Å². The first-order valence-corrected chi connectivity index (χ1v) is 14.1. The quantitative estimate of drug-likeness (QED) is 0.326. The molecule has 4 heterocycles.